The summed E-state index contributed by atoms with van der Waals surface area (Å²) in [7, 11) is 5.17. The first-order valence-electron chi connectivity index (χ1n) is 11.6. The molecule has 1 heterocycles. The van der Waals surface area contributed by atoms with Crippen molar-refractivity contribution in [1.82, 2.24) is 14.7 Å². The maximum atomic E-state index is 10.6. The van der Waals surface area contributed by atoms with Gasteiger partial charge in [-0.3, -0.25) is 4.90 Å². The first-order valence-corrected chi connectivity index (χ1v) is 11.6. The molecular formula is C27H35N3O5. The van der Waals surface area contributed by atoms with Crippen LogP contribution in [0.2, 0.25) is 0 Å². The molecule has 3 aromatic rings. The van der Waals surface area contributed by atoms with Gasteiger partial charge in [-0.25, -0.2) is 4.68 Å². The zero-order valence-electron chi connectivity index (χ0n) is 20.7. The molecule has 0 aliphatic carbocycles. The summed E-state index contributed by atoms with van der Waals surface area (Å²) in [6.07, 6.45) is 1.01. The lowest BCUT2D eigenvalue weighted by Gasteiger charge is -2.25. The topological polar surface area (TPSA) is 78.2 Å². The number of hydrogen-bond acceptors (Lipinski definition) is 7. The quantitative estimate of drug-likeness (QED) is 0.261. The molecule has 188 valence electrons. The summed E-state index contributed by atoms with van der Waals surface area (Å²) in [6, 6.07) is 17.4. The Morgan fingerprint density at radius 1 is 1.09 bits per heavy atom. The minimum Gasteiger partial charge on any atom is -0.497 e. The van der Waals surface area contributed by atoms with E-state index < -0.39 is 6.10 Å². The molecule has 1 aromatic heterocycles. The minimum atomic E-state index is -0.658. The third kappa shape index (κ3) is 7.66. The van der Waals surface area contributed by atoms with Crippen molar-refractivity contribution in [1.29, 1.82) is 0 Å². The van der Waals surface area contributed by atoms with Gasteiger partial charge in [-0.2, -0.15) is 5.10 Å². The Bertz CT molecular complexity index is 1040. The second-order valence-electron chi connectivity index (χ2n) is 8.11. The van der Waals surface area contributed by atoms with Gasteiger partial charge < -0.3 is 24.1 Å². The van der Waals surface area contributed by atoms with Crippen LogP contribution in [-0.4, -0.2) is 73.0 Å². The van der Waals surface area contributed by atoms with Crippen molar-refractivity contribution in [3.8, 4) is 28.6 Å². The fraction of sp³-hybridized carbons (Fsp3) is 0.370. The molecule has 35 heavy (non-hydrogen) atoms. The average molecular weight is 482 g/mol. The number of aliphatic hydroxyl groups excluding tert-OH is 1. The Morgan fingerprint density at radius 3 is 2.46 bits per heavy atom. The Kier molecular flexibility index (Phi) is 10.3. The molecule has 0 amide bonds. The van der Waals surface area contributed by atoms with Crippen LogP contribution in [0, 0.1) is 0 Å². The maximum Gasteiger partial charge on any atom is 0.222 e. The molecule has 2 aromatic carbocycles. The number of aryl methyl sites for hydroxylation is 1. The van der Waals surface area contributed by atoms with Crippen LogP contribution in [0.3, 0.4) is 0 Å². The average Bonchev–Trinajstić information content (AvgIpc) is 3.18. The first-order chi connectivity index (χ1) is 17.0. The van der Waals surface area contributed by atoms with Crippen LogP contribution >= 0.6 is 0 Å². The molecule has 8 heteroatoms. The van der Waals surface area contributed by atoms with E-state index in [4.69, 9.17) is 24.0 Å². The van der Waals surface area contributed by atoms with Crippen LogP contribution in [0.15, 0.2) is 67.3 Å². The number of hydrogen-bond donors (Lipinski definition) is 1. The molecule has 0 aliphatic rings. The van der Waals surface area contributed by atoms with Crippen molar-refractivity contribution in [2.45, 2.75) is 12.6 Å². The molecular weight excluding hydrogens is 446 g/mol. The smallest absolute Gasteiger partial charge is 0.222 e. The fourth-order valence-electron chi connectivity index (χ4n) is 3.72. The van der Waals surface area contributed by atoms with Gasteiger partial charge in [0.15, 0.2) is 0 Å². The molecule has 0 bridgehead atoms. The van der Waals surface area contributed by atoms with E-state index in [9.17, 15) is 5.11 Å². The van der Waals surface area contributed by atoms with Crippen LogP contribution < -0.4 is 9.47 Å². The summed E-state index contributed by atoms with van der Waals surface area (Å²) in [5.74, 6) is 2.07. The van der Waals surface area contributed by atoms with E-state index in [1.807, 2.05) is 61.6 Å². The molecule has 0 saturated carbocycles. The fourth-order valence-corrected chi connectivity index (χ4v) is 3.72. The Balaban J connectivity index is 1.92. The van der Waals surface area contributed by atoms with Gasteiger partial charge in [0.25, 0.3) is 0 Å². The molecule has 0 unspecified atom stereocenters. The van der Waals surface area contributed by atoms with Gasteiger partial charge in [0.1, 0.15) is 17.2 Å². The van der Waals surface area contributed by atoms with E-state index in [1.54, 1.807) is 25.0 Å². The highest BCUT2D eigenvalue weighted by molar-refractivity contribution is 5.65. The van der Waals surface area contributed by atoms with E-state index in [1.165, 1.54) is 0 Å². The van der Waals surface area contributed by atoms with Gasteiger partial charge >= 0.3 is 0 Å². The number of nitrogens with zero attached hydrogens (tertiary/aromatic N) is 3. The molecule has 0 saturated heterocycles. The SMILES string of the molecule is C=CCOC[C@@H](O)CN(CCOC)Cc1c(-c2ccccc2)nn(C)c1Oc1ccc(OC)cc1. The van der Waals surface area contributed by atoms with Crippen molar-refractivity contribution < 1.29 is 24.1 Å². The first kappa shape index (κ1) is 26.4. The second-order valence-corrected chi connectivity index (χ2v) is 8.11. The monoisotopic (exact) mass is 481 g/mol. The maximum absolute atomic E-state index is 10.6. The number of aromatic nitrogens is 2. The van der Waals surface area contributed by atoms with Gasteiger partial charge in [-0.15, -0.1) is 6.58 Å². The summed E-state index contributed by atoms with van der Waals surface area (Å²) < 4.78 is 24.1. The Morgan fingerprint density at radius 2 is 1.80 bits per heavy atom. The predicted molar refractivity (Wildman–Crippen MR) is 136 cm³/mol. The van der Waals surface area contributed by atoms with Gasteiger partial charge in [0, 0.05) is 39.4 Å². The number of methoxy groups -OCH3 is 2. The summed E-state index contributed by atoms with van der Waals surface area (Å²) in [5.41, 5.74) is 2.74. The lowest BCUT2D eigenvalue weighted by molar-refractivity contribution is 0.0193. The summed E-state index contributed by atoms with van der Waals surface area (Å²) in [6.45, 7) is 6.33. The van der Waals surface area contributed by atoms with Crippen molar-refractivity contribution in [2.75, 3.05) is 47.1 Å². The lowest BCUT2D eigenvalue weighted by Crippen LogP contribution is -2.36. The van der Waals surface area contributed by atoms with E-state index in [2.05, 4.69) is 11.5 Å². The zero-order valence-corrected chi connectivity index (χ0v) is 20.7. The van der Waals surface area contributed by atoms with E-state index >= 15 is 0 Å². The van der Waals surface area contributed by atoms with Crippen LogP contribution in [0.25, 0.3) is 11.3 Å². The summed E-state index contributed by atoms with van der Waals surface area (Å²) >= 11 is 0. The third-order valence-corrected chi connectivity index (χ3v) is 5.42. The van der Waals surface area contributed by atoms with Crippen LogP contribution in [0.5, 0.6) is 17.4 Å². The normalized spacial score (nSPS) is 12.0. The highest BCUT2D eigenvalue weighted by Crippen LogP contribution is 2.34. The number of aliphatic hydroxyl groups is 1. The molecule has 0 radical (unpaired) electrons. The van der Waals surface area contributed by atoms with Crippen molar-refractivity contribution in [3.05, 3.63) is 72.8 Å². The van der Waals surface area contributed by atoms with E-state index in [0.717, 1.165) is 22.6 Å². The van der Waals surface area contributed by atoms with Crippen LogP contribution in [0.4, 0.5) is 0 Å². The van der Waals surface area contributed by atoms with Crippen molar-refractivity contribution in [3.63, 3.8) is 0 Å². The largest absolute Gasteiger partial charge is 0.497 e. The summed E-state index contributed by atoms with van der Waals surface area (Å²) in [4.78, 5) is 2.12. The Hall–Kier alpha value is -3.17. The highest BCUT2D eigenvalue weighted by Gasteiger charge is 2.23. The molecule has 0 aliphatic heterocycles. The lowest BCUT2D eigenvalue weighted by atomic mass is 10.1. The predicted octanol–water partition coefficient (Wildman–Crippen LogP) is 3.90. The molecule has 1 N–H and O–H groups in total. The Labute approximate surface area is 207 Å². The number of ether oxygens (including phenoxy) is 4. The molecule has 8 nitrogen and oxygen atoms in total. The van der Waals surface area contributed by atoms with Crippen molar-refractivity contribution in [2.24, 2.45) is 7.05 Å². The van der Waals surface area contributed by atoms with Gasteiger partial charge in [-0.1, -0.05) is 36.4 Å². The van der Waals surface area contributed by atoms with Gasteiger partial charge in [0.2, 0.25) is 5.88 Å². The third-order valence-electron chi connectivity index (χ3n) is 5.42. The zero-order chi connectivity index (χ0) is 25.0. The molecule has 0 spiro atoms. The molecule has 1 atom stereocenters. The van der Waals surface area contributed by atoms with Crippen LogP contribution in [-0.2, 0) is 23.1 Å². The number of rotatable bonds is 15. The van der Waals surface area contributed by atoms with Crippen molar-refractivity contribution >= 4 is 0 Å². The van der Waals surface area contributed by atoms with Gasteiger partial charge in [0.05, 0.1) is 38.6 Å². The van der Waals surface area contributed by atoms with Gasteiger partial charge in [-0.05, 0) is 24.3 Å². The number of benzene rings is 2. The highest BCUT2D eigenvalue weighted by atomic mass is 16.5. The van der Waals surface area contributed by atoms with Crippen LogP contribution in [0.1, 0.15) is 5.56 Å². The van der Waals surface area contributed by atoms with E-state index in [-0.39, 0.29) is 6.61 Å². The summed E-state index contributed by atoms with van der Waals surface area (Å²) in [5, 5.41) is 15.4. The minimum absolute atomic E-state index is 0.225. The van der Waals surface area contributed by atoms with E-state index in [0.29, 0.717) is 44.5 Å². The standard InChI is InChI=1S/C27H35N3O5/c1-5-16-34-20-22(31)18-30(15-17-32-3)19-25-26(21-9-7-6-8-10-21)28-29(2)27(25)35-24-13-11-23(33-4)12-14-24/h5-14,22,31H,1,15-20H2,2-4H3/t22-/m0/s1. The second kappa shape index (κ2) is 13.7. The molecule has 0 fully saturated rings. The molecule has 3 rings (SSSR count).